The lowest BCUT2D eigenvalue weighted by molar-refractivity contribution is -0.151. The standard InChI is InChI=1S/C13H19NO3S/c1-3-17-11(13(15)16)8-14-6-4-12-10(9(14)2)5-7-18-12/h5,7,9,11H,3-4,6,8H2,1-2H3,(H,15,16). The Balaban J connectivity index is 2.04. The number of carbonyl (C=O) groups is 1. The van der Waals surface area contributed by atoms with Crippen LogP contribution in [0.15, 0.2) is 11.4 Å². The summed E-state index contributed by atoms with van der Waals surface area (Å²) in [5.74, 6) is -0.875. The van der Waals surface area contributed by atoms with Gasteiger partial charge in [0.05, 0.1) is 0 Å². The third-order valence-electron chi connectivity index (χ3n) is 3.45. The average molecular weight is 269 g/mol. The number of aliphatic carboxylic acids is 1. The topological polar surface area (TPSA) is 49.8 Å². The molecule has 2 rings (SSSR count). The fourth-order valence-electron chi connectivity index (χ4n) is 2.43. The Kier molecular flexibility index (Phi) is 4.37. The minimum absolute atomic E-state index is 0.280. The van der Waals surface area contributed by atoms with E-state index in [0.717, 1.165) is 13.0 Å². The molecule has 0 fully saturated rings. The van der Waals surface area contributed by atoms with Crippen molar-refractivity contribution >= 4 is 17.3 Å². The lowest BCUT2D eigenvalue weighted by atomic mass is 10.0. The Morgan fingerprint density at radius 3 is 3.17 bits per heavy atom. The van der Waals surface area contributed by atoms with Crippen LogP contribution in [0.25, 0.3) is 0 Å². The van der Waals surface area contributed by atoms with E-state index in [9.17, 15) is 4.79 Å². The van der Waals surface area contributed by atoms with Gasteiger partial charge < -0.3 is 9.84 Å². The monoisotopic (exact) mass is 269 g/mol. The van der Waals surface area contributed by atoms with Crippen molar-refractivity contribution in [1.82, 2.24) is 4.90 Å². The van der Waals surface area contributed by atoms with Gasteiger partial charge in [0.2, 0.25) is 0 Å². The van der Waals surface area contributed by atoms with Crippen LogP contribution >= 0.6 is 11.3 Å². The number of carboxylic acid groups (broad SMARTS) is 1. The van der Waals surface area contributed by atoms with E-state index >= 15 is 0 Å². The summed E-state index contributed by atoms with van der Waals surface area (Å²) in [7, 11) is 0. The molecule has 2 atom stereocenters. The smallest absolute Gasteiger partial charge is 0.334 e. The van der Waals surface area contributed by atoms with Gasteiger partial charge in [0.25, 0.3) is 0 Å². The highest BCUT2D eigenvalue weighted by molar-refractivity contribution is 7.10. The maximum Gasteiger partial charge on any atom is 0.334 e. The predicted octanol–water partition coefficient (Wildman–Crippen LogP) is 2.16. The Morgan fingerprint density at radius 1 is 1.72 bits per heavy atom. The second-order valence-corrected chi connectivity index (χ2v) is 5.50. The summed E-state index contributed by atoms with van der Waals surface area (Å²) < 4.78 is 5.29. The number of hydrogen-bond donors (Lipinski definition) is 1. The summed E-state index contributed by atoms with van der Waals surface area (Å²) in [5.41, 5.74) is 1.34. The molecule has 2 heterocycles. The summed E-state index contributed by atoms with van der Waals surface area (Å²) in [4.78, 5) is 14.7. The zero-order valence-electron chi connectivity index (χ0n) is 10.8. The molecule has 0 spiro atoms. The average Bonchev–Trinajstić information content (AvgIpc) is 2.80. The van der Waals surface area contributed by atoms with Gasteiger partial charge in [0.15, 0.2) is 6.10 Å². The van der Waals surface area contributed by atoms with E-state index < -0.39 is 12.1 Å². The Hall–Kier alpha value is -0.910. The Labute approximate surface area is 111 Å². The van der Waals surface area contributed by atoms with Gasteiger partial charge in [0, 0.05) is 30.6 Å². The first-order valence-electron chi connectivity index (χ1n) is 6.28. The fourth-order valence-corrected chi connectivity index (χ4v) is 3.39. The summed E-state index contributed by atoms with van der Waals surface area (Å²) in [6.45, 7) is 5.76. The van der Waals surface area contributed by atoms with Crippen LogP contribution in [0.1, 0.15) is 30.3 Å². The van der Waals surface area contributed by atoms with Crippen molar-refractivity contribution in [3.63, 3.8) is 0 Å². The zero-order valence-corrected chi connectivity index (χ0v) is 11.6. The van der Waals surface area contributed by atoms with Crippen LogP contribution in [-0.2, 0) is 16.0 Å². The second kappa shape index (κ2) is 5.82. The van der Waals surface area contributed by atoms with Gasteiger partial charge in [-0.25, -0.2) is 4.79 Å². The van der Waals surface area contributed by atoms with Crippen molar-refractivity contribution in [2.24, 2.45) is 0 Å². The summed E-state index contributed by atoms with van der Waals surface area (Å²) in [6.07, 6.45) is 0.285. The van der Waals surface area contributed by atoms with Gasteiger partial charge in [-0.3, -0.25) is 4.90 Å². The molecule has 0 saturated heterocycles. The van der Waals surface area contributed by atoms with E-state index in [2.05, 4.69) is 23.3 Å². The maximum absolute atomic E-state index is 11.1. The molecule has 0 radical (unpaired) electrons. The van der Waals surface area contributed by atoms with Crippen LogP contribution in [0, 0.1) is 0 Å². The summed E-state index contributed by atoms with van der Waals surface area (Å²) >= 11 is 1.79. The van der Waals surface area contributed by atoms with Gasteiger partial charge in [-0.1, -0.05) is 0 Å². The molecule has 0 saturated carbocycles. The number of thiophene rings is 1. The molecule has 100 valence electrons. The number of nitrogens with zero attached hydrogens (tertiary/aromatic N) is 1. The minimum Gasteiger partial charge on any atom is -0.479 e. The van der Waals surface area contributed by atoms with Crippen LogP contribution in [0.3, 0.4) is 0 Å². The molecule has 1 aliphatic heterocycles. The van der Waals surface area contributed by atoms with Crippen LogP contribution in [0.4, 0.5) is 0 Å². The molecular weight excluding hydrogens is 250 g/mol. The third-order valence-corrected chi connectivity index (χ3v) is 4.44. The second-order valence-electron chi connectivity index (χ2n) is 4.50. The lowest BCUT2D eigenvalue weighted by Gasteiger charge is -2.34. The van der Waals surface area contributed by atoms with E-state index in [1.54, 1.807) is 11.3 Å². The van der Waals surface area contributed by atoms with Gasteiger partial charge in [-0.2, -0.15) is 0 Å². The quantitative estimate of drug-likeness (QED) is 0.890. The molecule has 0 bridgehead atoms. The molecule has 2 unspecified atom stereocenters. The normalized spacial score (nSPS) is 21.6. The van der Waals surface area contributed by atoms with Crippen LogP contribution in [0.2, 0.25) is 0 Å². The van der Waals surface area contributed by atoms with Crippen molar-refractivity contribution < 1.29 is 14.6 Å². The van der Waals surface area contributed by atoms with Crippen molar-refractivity contribution in [2.75, 3.05) is 19.7 Å². The van der Waals surface area contributed by atoms with E-state index in [1.165, 1.54) is 10.4 Å². The molecule has 0 aromatic carbocycles. The molecule has 4 nitrogen and oxygen atoms in total. The van der Waals surface area contributed by atoms with E-state index in [1.807, 2.05) is 6.92 Å². The number of rotatable bonds is 5. The summed E-state index contributed by atoms with van der Waals surface area (Å²) in [5, 5.41) is 11.2. The maximum atomic E-state index is 11.1. The molecule has 18 heavy (non-hydrogen) atoms. The molecule has 1 aromatic heterocycles. The van der Waals surface area contributed by atoms with Gasteiger partial charge >= 0.3 is 5.97 Å². The number of ether oxygens (including phenoxy) is 1. The highest BCUT2D eigenvalue weighted by Crippen LogP contribution is 2.32. The van der Waals surface area contributed by atoms with Gasteiger partial charge in [-0.15, -0.1) is 11.3 Å². The van der Waals surface area contributed by atoms with E-state index in [-0.39, 0.29) is 6.04 Å². The molecular formula is C13H19NO3S. The molecule has 1 aromatic rings. The largest absolute Gasteiger partial charge is 0.479 e. The lowest BCUT2D eigenvalue weighted by Crippen LogP contribution is -2.42. The molecule has 0 aliphatic carbocycles. The zero-order chi connectivity index (χ0) is 13.1. The third kappa shape index (κ3) is 2.74. The van der Waals surface area contributed by atoms with Crippen LogP contribution in [0.5, 0.6) is 0 Å². The highest BCUT2D eigenvalue weighted by Gasteiger charge is 2.29. The summed E-state index contributed by atoms with van der Waals surface area (Å²) in [6, 6.07) is 2.43. The molecule has 1 aliphatic rings. The van der Waals surface area contributed by atoms with Crippen molar-refractivity contribution in [3.05, 3.63) is 21.9 Å². The first-order valence-corrected chi connectivity index (χ1v) is 7.16. The molecule has 5 heteroatoms. The minimum atomic E-state index is -0.875. The van der Waals surface area contributed by atoms with Crippen LogP contribution in [-0.4, -0.2) is 41.8 Å². The van der Waals surface area contributed by atoms with Crippen LogP contribution < -0.4 is 0 Å². The number of hydrogen-bond acceptors (Lipinski definition) is 4. The SMILES string of the molecule is CCOC(CN1CCc2sccc2C1C)C(=O)O. The molecule has 0 amide bonds. The Morgan fingerprint density at radius 2 is 2.50 bits per heavy atom. The number of carboxylic acids is 1. The number of fused-ring (bicyclic) bond motifs is 1. The highest BCUT2D eigenvalue weighted by atomic mass is 32.1. The van der Waals surface area contributed by atoms with Crippen molar-refractivity contribution in [1.29, 1.82) is 0 Å². The van der Waals surface area contributed by atoms with E-state index in [4.69, 9.17) is 9.84 Å². The van der Waals surface area contributed by atoms with Gasteiger partial charge in [0.1, 0.15) is 0 Å². The predicted molar refractivity (Wildman–Crippen MR) is 71.1 cm³/mol. The first-order chi connectivity index (χ1) is 8.63. The van der Waals surface area contributed by atoms with Gasteiger partial charge in [-0.05, 0) is 37.3 Å². The Bertz CT molecular complexity index is 418. The van der Waals surface area contributed by atoms with Crippen molar-refractivity contribution in [2.45, 2.75) is 32.4 Å². The van der Waals surface area contributed by atoms with Crippen molar-refractivity contribution in [3.8, 4) is 0 Å². The fraction of sp³-hybridized carbons (Fsp3) is 0.615. The van der Waals surface area contributed by atoms with E-state index in [0.29, 0.717) is 13.2 Å². The molecule has 1 N–H and O–H groups in total. The first kappa shape index (κ1) is 13.5.